The highest BCUT2D eigenvalue weighted by molar-refractivity contribution is 7.89. The van der Waals surface area contributed by atoms with Gasteiger partial charge in [0.15, 0.2) is 0 Å². The SMILES string of the molecule is CCCC(CS(=O)(=O)N1CCN(c2cnc(-c3ccccc3)cn2)CC1)(c1ccncn1)N(O)C=O. The zero-order chi connectivity index (χ0) is 25.6. The molecule has 12 heteroatoms. The molecule has 3 heterocycles. The second kappa shape index (κ2) is 11.1. The van der Waals surface area contributed by atoms with Crippen LogP contribution in [0.3, 0.4) is 0 Å². The van der Waals surface area contributed by atoms with Crippen molar-refractivity contribution in [3.05, 3.63) is 67.0 Å². The minimum atomic E-state index is -3.87. The fourth-order valence-corrected chi connectivity index (χ4v) is 6.41. The van der Waals surface area contributed by atoms with Crippen molar-refractivity contribution in [2.45, 2.75) is 25.3 Å². The number of aromatic nitrogens is 4. The normalized spacial score (nSPS) is 16.3. The standard InChI is InChI=1S/C24H29N7O4S/c1-2-9-24(31(33)19-32,22-8-10-25-18-28-22)17-36(34,35)30-13-11-29(12-14-30)23-16-26-21(15-27-23)20-6-4-3-5-7-20/h3-8,10,15-16,18-19,33H,2,9,11-14,17H2,1H3. The van der Waals surface area contributed by atoms with Crippen LogP contribution in [-0.4, -0.2) is 81.3 Å². The molecule has 11 nitrogen and oxygen atoms in total. The number of hydrogen-bond acceptors (Lipinski definition) is 9. The molecule has 1 N–H and O–H groups in total. The highest BCUT2D eigenvalue weighted by Crippen LogP contribution is 2.33. The van der Waals surface area contributed by atoms with Crippen LogP contribution in [0, 0.1) is 0 Å². The van der Waals surface area contributed by atoms with Crippen LogP contribution in [0.15, 0.2) is 61.3 Å². The predicted molar refractivity (Wildman–Crippen MR) is 133 cm³/mol. The Morgan fingerprint density at radius 1 is 1.06 bits per heavy atom. The molecule has 0 bridgehead atoms. The van der Waals surface area contributed by atoms with E-state index < -0.39 is 21.3 Å². The summed E-state index contributed by atoms with van der Waals surface area (Å²) in [5.74, 6) is 0.182. The molecule has 36 heavy (non-hydrogen) atoms. The summed E-state index contributed by atoms with van der Waals surface area (Å²) in [5, 5.41) is 10.9. The fraction of sp³-hybridized carbons (Fsp3) is 0.375. The predicted octanol–water partition coefficient (Wildman–Crippen LogP) is 1.93. The summed E-state index contributed by atoms with van der Waals surface area (Å²) < 4.78 is 28.4. The van der Waals surface area contributed by atoms with E-state index in [0.717, 1.165) is 11.3 Å². The maximum atomic E-state index is 13.5. The van der Waals surface area contributed by atoms with E-state index in [4.69, 9.17) is 0 Å². The minimum absolute atomic E-state index is 0.210. The Labute approximate surface area is 210 Å². The molecule has 1 aliphatic rings. The number of carbonyl (C=O) groups is 1. The molecule has 1 unspecified atom stereocenters. The van der Waals surface area contributed by atoms with E-state index in [9.17, 15) is 18.4 Å². The topological polar surface area (TPSA) is 133 Å². The number of piperazine rings is 1. The van der Waals surface area contributed by atoms with Crippen LogP contribution in [0.4, 0.5) is 5.82 Å². The number of sulfonamides is 1. The quantitative estimate of drug-likeness (QED) is 0.246. The van der Waals surface area contributed by atoms with Gasteiger partial charge in [-0.2, -0.15) is 4.31 Å². The third-order valence-corrected chi connectivity index (χ3v) is 8.34. The van der Waals surface area contributed by atoms with Gasteiger partial charge in [0, 0.05) is 37.9 Å². The number of nitrogens with zero attached hydrogens (tertiary/aromatic N) is 7. The van der Waals surface area contributed by atoms with E-state index in [1.807, 2.05) is 42.2 Å². The van der Waals surface area contributed by atoms with Gasteiger partial charge in [0.25, 0.3) is 0 Å². The molecule has 1 saturated heterocycles. The average Bonchev–Trinajstić information content (AvgIpc) is 2.93. The molecule has 1 aliphatic heterocycles. The van der Waals surface area contributed by atoms with Crippen molar-refractivity contribution < 1.29 is 18.4 Å². The molecule has 4 rings (SSSR count). The molecular weight excluding hydrogens is 482 g/mol. The van der Waals surface area contributed by atoms with Crippen LogP contribution in [0.1, 0.15) is 25.5 Å². The average molecular weight is 512 g/mol. The summed E-state index contributed by atoms with van der Waals surface area (Å²) in [4.78, 5) is 30.6. The van der Waals surface area contributed by atoms with Gasteiger partial charge in [-0.3, -0.25) is 15.0 Å². The van der Waals surface area contributed by atoms with E-state index in [-0.39, 0.29) is 31.6 Å². The minimum Gasteiger partial charge on any atom is -0.353 e. The third-order valence-electron chi connectivity index (χ3n) is 6.35. The van der Waals surface area contributed by atoms with Gasteiger partial charge in [-0.25, -0.2) is 28.4 Å². The maximum absolute atomic E-state index is 13.5. The van der Waals surface area contributed by atoms with Crippen molar-refractivity contribution in [1.82, 2.24) is 29.3 Å². The van der Waals surface area contributed by atoms with Gasteiger partial charge in [-0.15, -0.1) is 0 Å². The van der Waals surface area contributed by atoms with Crippen LogP contribution in [0.2, 0.25) is 0 Å². The molecule has 2 aromatic heterocycles. The lowest BCUT2D eigenvalue weighted by atomic mass is 9.91. The number of hydroxylamine groups is 2. The Morgan fingerprint density at radius 2 is 1.81 bits per heavy atom. The zero-order valence-electron chi connectivity index (χ0n) is 20.0. The van der Waals surface area contributed by atoms with Crippen LogP contribution < -0.4 is 4.90 Å². The number of hydrogen-bond donors (Lipinski definition) is 1. The van der Waals surface area contributed by atoms with Crippen molar-refractivity contribution >= 4 is 22.3 Å². The van der Waals surface area contributed by atoms with Crippen LogP contribution >= 0.6 is 0 Å². The highest BCUT2D eigenvalue weighted by Gasteiger charge is 2.45. The largest absolute Gasteiger partial charge is 0.353 e. The smallest absolute Gasteiger partial charge is 0.234 e. The Kier molecular flexibility index (Phi) is 7.87. The molecule has 3 aromatic rings. The van der Waals surface area contributed by atoms with Gasteiger partial charge in [0.2, 0.25) is 16.4 Å². The molecular formula is C24H29N7O4S. The van der Waals surface area contributed by atoms with Crippen LogP contribution in [-0.2, 0) is 20.4 Å². The first kappa shape index (κ1) is 25.6. The van der Waals surface area contributed by atoms with Crippen molar-refractivity contribution in [2.75, 3.05) is 36.8 Å². The summed E-state index contributed by atoms with van der Waals surface area (Å²) in [6.45, 7) is 3.20. The lowest BCUT2D eigenvalue weighted by Crippen LogP contribution is -2.55. The molecule has 1 aromatic carbocycles. The summed E-state index contributed by atoms with van der Waals surface area (Å²) >= 11 is 0. The molecule has 0 aliphatic carbocycles. The first-order valence-electron chi connectivity index (χ1n) is 11.7. The van der Waals surface area contributed by atoms with Gasteiger partial charge in [-0.05, 0) is 12.5 Å². The second-order valence-electron chi connectivity index (χ2n) is 8.59. The van der Waals surface area contributed by atoms with Crippen molar-refractivity contribution in [2.24, 2.45) is 0 Å². The first-order valence-corrected chi connectivity index (χ1v) is 13.3. The maximum Gasteiger partial charge on any atom is 0.234 e. The van der Waals surface area contributed by atoms with E-state index in [1.54, 1.807) is 12.4 Å². The molecule has 0 radical (unpaired) electrons. The lowest BCUT2D eigenvalue weighted by molar-refractivity contribution is -0.180. The molecule has 1 fully saturated rings. The van der Waals surface area contributed by atoms with E-state index in [0.29, 0.717) is 30.4 Å². The van der Waals surface area contributed by atoms with Gasteiger partial charge in [-0.1, -0.05) is 43.7 Å². The Bertz CT molecular complexity index is 1240. The van der Waals surface area contributed by atoms with E-state index in [2.05, 4.69) is 19.9 Å². The van der Waals surface area contributed by atoms with Crippen molar-refractivity contribution in [3.8, 4) is 11.3 Å². The van der Waals surface area contributed by atoms with Crippen molar-refractivity contribution in [3.63, 3.8) is 0 Å². The number of carbonyl (C=O) groups excluding carboxylic acids is 1. The summed E-state index contributed by atoms with van der Waals surface area (Å²) in [6, 6.07) is 11.3. The molecule has 0 saturated carbocycles. The van der Waals surface area contributed by atoms with Crippen LogP contribution in [0.5, 0.6) is 0 Å². The monoisotopic (exact) mass is 511 g/mol. The number of anilines is 1. The van der Waals surface area contributed by atoms with Crippen LogP contribution in [0.25, 0.3) is 11.3 Å². The van der Waals surface area contributed by atoms with Gasteiger partial charge < -0.3 is 4.90 Å². The van der Waals surface area contributed by atoms with Gasteiger partial charge in [0.05, 0.1) is 29.5 Å². The Balaban J connectivity index is 1.48. The van der Waals surface area contributed by atoms with E-state index in [1.165, 1.54) is 22.9 Å². The molecule has 0 spiro atoms. The zero-order valence-corrected chi connectivity index (χ0v) is 20.8. The lowest BCUT2D eigenvalue weighted by Gasteiger charge is -2.40. The Morgan fingerprint density at radius 3 is 2.39 bits per heavy atom. The van der Waals surface area contributed by atoms with Crippen molar-refractivity contribution in [1.29, 1.82) is 0 Å². The molecule has 1 atom stereocenters. The summed E-state index contributed by atoms with van der Waals surface area (Å²) in [7, 11) is -3.87. The first-order chi connectivity index (χ1) is 17.4. The second-order valence-corrected chi connectivity index (χ2v) is 10.6. The summed E-state index contributed by atoms with van der Waals surface area (Å²) in [6.07, 6.45) is 7.10. The summed E-state index contributed by atoms with van der Waals surface area (Å²) in [5.41, 5.74) is 0.486. The highest BCUT2D eigenvalue weighted by atomic mass is 32.2. The number of amides is 1. The van der Waals surface area contributed by atoms with E-state index >= 15 is 0 Å². The number of rotatable bonds is 10. The third kappa shape index (κ3) is 5.35. The van der Waals surface area contributed by atoms with Gasteiger partial charge in [0.1, 0.15) is 17.7 Å². The number of benzene rings is 1. The Hall–Kier alpha value is -3.48. The fourth-order valence-electron chi connectivity index (χ4n) is 4.48. The van der Waals surface area contributed by atoms with Gasteiger partial charge >= 0.3 is 0 Å². The molecule has 190 valence electrons. The molecule has 1 amide bonds.